The minimum Gasteiger partial charge on any atom is -0.489 e. The molecule has 1 unspecified atom stereocenters. The second-order valence-electron chi connectivity index (χ2n) is 11.3. The molecule has 2 aliphatic heterocycles. The number of benzene rings is 2. The van der Waals surface area contributed by atoms with Crippen LogP contribution < -0.4 is 20.7 Å². The molecule has 0 spiro atoms. The number of nitrogens with two attached hydrogens (primary N) is 1. The van der Waals surface area contributed by atoms with E-state index in [1.165, 1.54) is 24.3 Å². The first-order valence-electron chi connectivity index (χ1n) is 13.1. The molecular formula is C28H34BF3N2O6. The molecule has 2 heterocycles. The minimum atomic E-state index is -4.77. The number of alkyl halides is 3. The highest BCUT2D eigenvalue weighted by atomic mass is 19.4. The molecule has 4 rings (SSSR count). The van der Waals surface area contributed by atoms with Crippen LogP contribution in [-0.4, -0.2) is 60.6 Å². The zero-order chi connectivity index (χ0) is 29.5. The molecule has 0 saturated carbocycles. The van der Waals surface area contributed by atoms with Crippen LogP contribution in [0.4, 0.5) is 13.2 Å². The summed E-state index contributed by atoms with van der Waals surface area (Å²) in [6.45, 7) is 10.6. The summed E-state index contributed by atoms with van der Waals surface area (Å²) in [7, 11) is -0.654. The molecule has 2 saturated heterocycles. The molecule has 2 N–H and O–H groups in total. The topological polar surface area (TPSA) is 100 Å². The van der Waals surface area contributed by atoms with Crippen molar-refractivity contribution in [2.45, 2.75) is 71.1 Å². The largest absolute Gasteiger partial charge is 0.573 e. The molecule has 2 atom stereocenters. The van der Waals surface area contributed by atoms with Gasteiger partial charge >= 0.3 is 13.5 Å². The Labute approximate surface area is 232 Å². The SMILES string of the molecule is C[C@@H]1CN(C(=O)Cc2ccc(OC(F)(F)F)cc2)CCC1Oc1ccc(B2OC(C)(C)C(C)(C)O2)cc1C(N)=O. The summed E-state index contributed by atoms with van der Waals surface area (Å²) in [6, 6.07) is 10.4. The lowest BCUT2D eigenvalue weighted by Gasteiger charge is -2.37. The summed E-state index contributed by atoms with van der Waals surface area (Å²) < 4.78 is 59.4. The van der Waals surface area contributed by atoms with Gasteiger partial charge in [0.25, 0.3) is 5.91 Å². The highest BCUT2D eigenvalue weighted by molar-refractivity contribution is 6.62. The summed E-state index contributed by atoms with van der Waals surface area (Å²) in [5.41, 5.74) is 6.07. The van der Waals surface area contributed by atoms with Gasteiger partial charge in [0.15, 0.2) is 0 Å². The molecule has 0 aliphatic carbocycles. The number of piperidine rings is 1. The van der Waals surface area contributed by atoms with E-state index in [1.807, 2.05) is 34.6 Å². The van der Waals surface area contributed by atoms with Crippen LogP contribution in [0.15, 0.2) is 42.5 Å². The average molecular weight is 562 g/mol. The highest BCUT2D eigenvalue weighted by Crippen LogP contribution is 2.37. The van der Waals surface area contributed by atoms with E-state index in [9.17, 15) is 22.8 Å². The van der Waals surface area contributed by atoms with E-state index in [0.717, 1.165) is 0 Å². The molecule has 2 aromatic carbocycles. The van der Waals surface area contributed by atoms with Crippen molar-refractivity contribution < 1.29 is 41.5 Å². The predicted molar refractivity (Wildman–Crippen MR) is 142 cm³/mol. The van der Waals surface area contributed by atoms with Crippen LogP contribution in [0.25, 0.3) is 0 Å². The van der Waals surface area contributed by atoms with Gasteiger partial charge in [-0.1, -0.05) is 25.1 Å². The van der Waals surface area contributed by atoms with Gasteiger partial charge in [0.1, 0.15) is 17.6 Å². The molecule has 2 amide bonds. The number of likely N-dealkylation sites (tertiary alicyclic amines) is 1. The van der Waals surface area contributed by atoms with E-state index < -0.39 is 30.6 Å². The second kappa shape index (κ2) is 11.0. The maximum atomic E-state index is 12.9. The Hall–Kier alpha value is -3.25. The van der Waals surface area contributed by atoms with E-state index in [0.29, 0.717) is 36.3 Å². The summed E-state index contributed by atoms with van der Waals surface area (Å²) in [5.74, 6) is -0.816. The second-order valence-corrected chi connectivity index (χ2v) is 11.3. The molecule has 2 aromatic rings. The van der Waals surface area contributed by atoms with E-state index in [-0.39, 0.29) is 35.7 Å². The van der Waals surface area contributed by atoms with Crippen LogP contribution in [-0.2, 0) is 20.5 Å². The standard InChI is InChI=1S/C28H34BF3N2O6/c1-17-16-34(24(35)14-18-6-9-20(10-7-18)38-28(30,31)32)13-12-22(17)37-23-11-8-19(15-21(23)25(33)36)29-39-26(2,3)27(4,5)40-29/h6-11,15,17,22H,12-14,16H2,1-5H3,(H2,33,36)/t17-,22?/m1/s1. The summed E-state index contributed by atoms with van der Waals surface area (Å²) >= 11 is 0. The van der Waals surface area contributed by atoms with Gasteiger partial charge < -0.3 is 29.4 Å². The van der Waals surface area contributed by atoms with Crippen molar-refractivity contribution in [1.29, 1.82) is 0 Å². The fourth-order valence-corrected chi connectivity index (χ4v) is 4.75. The first-order valence-corrected chi connectivity index (χ1v) is 13.1. The van der Waals surface area contributed by atoms with Crippen LogP contribution in [0.1, 0.15) is 57.0 Å². The molecule has 216 valence electrons. The van der Waals surface area contributed by atoms with Gasteiger partial charge in [-0.25, -0.2) is 0 Å². The number of amides is 2. The number of halogens is 3. The van der Waals surface area contributed by atoms with E-state index in [1.54, 1.807) is 23.1 Å². The molecule has 0 bridgehead atoms. The summed E-state index contributed by atoms with van der Waals surface area (Å²) in [5, 5.41) is 0. The maximum absolute atomic E-state index is 12.9. The molecule has 0 aromatic heterocycles. The van der Waals surface area contributed by atoms with Gasteiger partial charge in [-0.15, -0.1) is 13.2 Å². The highest BCUT2D eigenvalue weighted by Gasteiger charge is 2.51. The number of primary amides is 1. The molecular weight excluding hydrogens is 528 g/mol. The quantitative estimate of drug-likeness (QED) is 0.515. The fraction of sp³-hybridized carbons (Fsp3) is 0.500. The lowest BCUT2D eigenvalue weighted by Crippen LogP contribution is -2.47. The Kier molecular flexibility index (Phi) is 8.15. The third kappa shape index (κ3) is 6.72. The van der Waals surface area contributed by atoms with Crippen molar-refractivity contribution in [2.75, 3.05) is 13.1 Å². The number of carbonyl (C=O) groups is 2. The van der Waals surface area contributed by atoms with Crippen LogP contribution in [0, 0.1) is 5.92 Å². The van der Waals surface area contributed by atoms with E-state index in [4.69, 9.17) is 19.8 Å². The average Bonchev–Trinajstić information content (AvgIpc) is 3.07. The number of hydrogen-bond donors (Lipinski definition) is 1. The predicted octanol–water partition coefficient (Wildman–Crippen LogP) is 3.84. The van der Waals surface area contributed by atoms with Gasteiger partial charge in [0.2, 0.25) is 5.91 Å². The normalized spacial score (nSPS) is 22.2. The summed E-state index contributed by atoms with van der Waals surface area (Å²) in [6.07, 6.45) is -4.45. The molecule has 2 fully saturated rings. The van der Waals surface area contributed by atoms with Gasteiger partial charge in [0.05, 0.1) is 23.2 Å². The number of rotatable bonds is 7. The van der Waals surface area contributed by atoms with Crippen molar-refractivity contribution in [3.63, 3.8) is 0 Å². The number of ether oxygens (including phenoxy) is 2. The van der Waals surface area contributed by atoms with Gasteiger partial charge in [0, 0.05) is 25.4 Å². The van der Waals surface area contributed by atoms with Crippen LogP contribution in [0.3, 0.4) is 0 Å². The summed E-state index contributed by atoms with van der Waals surface area (Å²) in [4.78, 5) is 26.9. The van der Waals surface area contributed by atoms with Crippen molar-refractivity contribution in [3.8, 4) is 11.5 Å². The van der Waals surface area contributed by atoms with Crippen LogP contribution >= 0.6 is 0 Å². The smallest absolute Gasteiger partial charge is 0.489 e. The van der Waals surface area contributed by atoms with Crippen molar-refractivity contribution in [3.05, 3.63) is 53.6 Å². The lowest BCUT2D eigenvalue weighted by molar-refractivity contribution is -0.274. The number of hydrogen-bond acceptors (Lipinski definition) is 6. The first-order chi connectivity index (χ1) is 18.5. The van der Waals surface area contributed by atoms with Gasteiger partial charge in [-0.05, 0) is 63.0 Å². The third-order valence-corrected chi connectivity index (χ3v) is 7.76. The van der Waals surface area contributed by atoms with Crippen molar-refractivity contribution in [1.82, 2.24) is 4.90 Å². The Morgan fingerprint density at radius 2 is 1.70 bits per heavy atom. The molecule has 8 nitrogen and oxygen atoms in total. The zero-order valence-electron chi connectivity index (χ0n) is 23.2. The van der Waals surface area contributed by atoms with Gasteiger partial charge in [-0.2, -0.15) is 0 Å². The molecule has 12 heteroatoms. The molecule has 0 radical (unpaired) electrons. The first kappa shape index (κ1) is 29.7. The van der Waals surface area contributed by atoms with Gasteiger partial charge in [-0.3, -0.25) is 9.59 Å². The Balaban J connectivity index is 1.37. The number of nitrogens with zero attached hydrogens (tertiary/aromatic N) is 1. The third-order valence-electron chi connectivity index (χ3n) is 7.76. The Bertz CT molecular complexity index is 1240. The van der Waals surface area contributed by atoms with E-state index >= 15 is 0 Å². The maximum Gasteiger partial charge on any atom is 0.573 e. The lowest BCUT2D eigenvalue weighted by atomic mass is 9.78. The zero-order valence-corrected chi connectivity index (χ0v) is 23.2. The molecule has 40 heavy (non-hydrogen) atoms. The minimum absolute atomic E-state index is 0.0521. The molecule has 2 aliphatic rings. The van der Waals surface area contributed by atoms with E-state index in [2.05, 4.69) is 4.74 Å². The Morgan fingerprint density at radius 3 is 2.25 bits per heavy atom. The van der Waals surface area contributed by atoms with Crippen molar-refractivity contribution >= 4 is 24.4 Å². The van der Waals surface area contributed by atoms with Crippen LogP contribution in [0.5, 0.6) is 11.5 Å². The monoisotopic (exact) mass is 562 g/mol. The number of carbonyl (C=O) groups excluding carboxylic acids is 2. The fourth-order valence-electron chi connectivity index (χ4n) is 4.75. The van der Waals surface area contributed by atoms with Crippen LogP contribution in [0.2, 0.25) is 0 Å². The Morgan fingerprint density at radius 1 is 1.07 bits per heavy atom. The van der Waals surface area contributed by atoms with Crippen molar-refractivity contribution in [2.24, 2.45) is 11.7 Å².